The number of piperidine rings is 1. The lowest BCUT2D eigenvalue weighted by Gasteiger charge is -2.34. The third kappa shape index (κ3) is 4.40. The Hall–Kier alpha value is -2.71. The van der Waals surface area contributed by atoms with Crippen LogP contribution in [-0.2, 0) is 17.8 Å². The Bertz CT molecular complexity index is 853. The van der Waals surface area contributed by atoms with E-state index in [-0.39, 0.29) is 0 Å². The zero-order valence-corrected chi connectivity index (χ0v) is 16.2. The maximum Gasteiger partial charge on any atom is 0.146 e. The van der Waals surface area contributed by atoms with Crippen molar-refractivity contribution in [1.29, 1.82) is 0 Å². The molecule has 1 N–H and O–H groups in total. The van der Waals surface area contributed by atoms with Crippen molar-refractivity contribution in [2.24, 2.45) is 0 Å². The number of aromatic nitrogens is 5. The lowest BCUT2D eigenvalue weighted by atomic mass is 10.0. The first kappa shape index (κ1) is 18.6. The second-order valence-corrected chi connectivity index (χ2v) is 7.05. The van der Waals surface area contributed by atoms with Gasteiger partial charge < -0.3 is 19.5 Å². The third-order valence-electron chi connectivity index (χ3n) is 5.24. The molecule has 0 atom stereocenters. The Balaban J connectivity index is 1.29. The van der Waals surface area contributed by atoms with Crippen molar-refractivity contribution in [3.05, 3.63) is 54.9 Å². The van der Waals surface area contributed by atoms with E-state index >= 15 is 0 Å². The molecule has 1 saturated heterocycles. The molecule has 0 amide bonds. The van der Waals surface area contributed by atoms with Crippen LogP contribution in [-0.4, -0.2) is 57.4 Å². The van der Waals surface area contributed by atoms with Crippen molar-refractivity contribution < 1.29 is 4.74 Å². The van der Waals surface area contributed by atoms with Gasteiger partial charge in [-0.1, -0.05) is 6.07 Å². The minimum Gasteiger partial charge on any atom is -0.383 e. The second kappa shape index (κ2) is 8.99. The normalized spacial score (nSPS) is 15.2. The smallest absolute Gasteiger partial charge is 0.146 e. The van der Waals surface area contributed by atoms with Gasteiger partial charge in [0, 0.05) is 50.9 Å². The molecule has 0 radical (unpaired) electrons. The molecule has 28 heavy (non-hydrogen) atoms. The minimum absolute atomic E-state index is 0.498. The van der Waals surface area contributed by atoms with Gasteiger partial charge in [0.05, 0.1) is 18.8 Å². The van der Waals surface area contributed by atoms with Gasteiger partial charge in [-0.15, -0.1) is 10.2 Å². The molecule has 2 aromatic heterocycles. The number of anilines is 1. The van der Waals surface area contributed by atoms with E-state index in [1.165, 1.54) is 5.69 Å². The third-order valence-corrected chi connectivity index (χ3v) is 5.24. The molecule has 8 heteroatoms. The van der Waals surface area contributed by atoms with Crippen molar-refractivity contribution >= 4 is 5.69 Å². The Morgan fingerprint density at radius 1 is 1.18 bits per heavy atom. The number of hydrogen-bond acceptors (Lipinski definition) is 6. The lowest BCUT2D eigenvalue weighted by Crippen LogP contribution is -2.42. The Labute approximate surface area is 165 Å². The monoisotopic (exact) mass is 381 g/mol. The molecule has 0 aliphatic carbocycles. The average Bonchev–Trinajstić information content (AvgIpc) is 3.43. The van der Waals surface area contributed by atoms with E-state index in [1.54, 1.807) is 19.6 Å². The predicted molar refractivity (Wildman–Crippen MR) is 108 cm³/mol. The summed E-state index contributed by atoms with van der Waals surface area (Å²) in [5, 5.41) is 16.2. The van der Waals surface area contributed by atoms with Gasteiger partial charge >= 0.3 is 0 Å². The summed E-state index contributed by atoms with van der Waals surface area (Å²) in [5.74, 6) is 0.964. The van der Waals surface area contributed by atoms with Crippen molar-refractivity contribution in [1.82, 2.24) is 29.9 Å². The standard InChI is InChI=1S/C20H27N7O/c1-28-13-12-26-16-22-24-20(26)15-21-17-6-10-25(11-7-17)18-4-2-5-19(14-18)27-9-3-8-23-27/h2-5,8-9,14,16-17,21H,6-7,10-13,15H2,1H3. The number of methoxy groups -OCH3 is 1. The maximum atomic E-state index is 5.14. The van der Waals surface area contributed by atoms with Gasteiger partial charge in [0.2, 0.25) is 0 Å². The van der Waals surface area contributed by atoms with Gasteiger partial charge in [0.15, 0.2) is 0 Å². The molecule has 1 aliphatic heterocycles. The van der Waals surface area contributed by atoms with Gasteiger partial charge in [-0.25, -0.2) is 4.68 Å². The van der Waals surface area contributed by atoms with Crippen molar-refractivity contribution in [3.63, 3.8) is 0 Å². The molecule has 0 unspecified atom stereocenters. The first-order valence-corrected chi connectivity index (χ1v) is 9.77. The molecule has 148 valence electrons. The van der Waals surface area contributed by atoms with Gasteiger partial charge in [-0.3, -0.25) is 0 Å². The van der Waals surface area contributed by atoms with Crippen molar-refractivity contribution in [2.45, 2.75) is 32.0 Å². The van der Waals surface area contributed by atoms with E-state index in [1.807, 2.05) is 21.5 Å². The van der Waals surface area contributed by atoms with Gasteiger partial charge in [-0.05, 0) is 37.1 Å². The van der Waals surface area contributed by atoms with Gasteiger partial charge in [0.1, 0.15) is 12.2 Å². The highest BCUT2D eigenvalue weighted by atomic mass is 16.5. The summed E-state index contributed by atoms with van der Waals surface area (Å²) in [6.07, 6.45) is 7.77. The van der Waals surface area contributed by atoms with Crippen LogP contribution in [0, 0.1) is 0 Å². The minimum atomic E-state index is 0.498. The highest BCUT2D eigenvalue weighted by Crippen LogP contribution is 2.22. The number of nitrogens with one attached hydrogen (secondary N) is 1. The average molecular weight is 381 g/mol. The van der Waals surface area contributed by atoms with E-state index < -0.39 is 0 Å². The second-order valence-electron chi connectivity index (χ2n) is 7.05. The molecule has 4 rings (SSSR count). The first-order chi connectivity index (χ1) is 13.8. The van der Waals surface area contributed by atoms with Gasteiger partial charge in [-0.2, -0.15) is 5.10 Å². The number of nitrogens with zero attached hydrogens (tertiary/aromatic N) is 6. The van der Waals surface area contributed by atoms with E-state index in [0.29, 0.717) is 12.6 Å². The molecule has 8 nitrogen and oxygen atoms in total. The Kier molecular flexibility index (Phi) is 5.98. The summed E-state index contributed by atoms with van der Waals surface area (Å²) in [6, 6.07) is 11.0. The highest BCUT2D eigenvalue weighted by molar-refractivity contribution is 5.53. The van der Waals surface area contributed by atoms with E-state index in [4.69, 9.17) is 4.74 Å². The van der Waals surface area contributed by atoms with E-state index in [0.717, 1.165) is 50.5 Å². The zero-order chi connectivity index (χ0) is 19.2. The fourth-order valence-electron chi connectivity index (χ4n) is 3.62. The van der Waals surface area contributed by atoms with Crippen molar-refractivity contribution in [3.8, 4) is 5.69 Å². The summed E-state index contributed by atoms with van der Waals surface area (Å²) in [5.41, 5.74) is 2.35. The fraction of sp³-hybridized carbons (Fsp3) is 0.450. The molecule has 1 fully saturated rings. The maximum absolute atomic E-state index is 5.14. The van der Waals surface area contributed by atoms with E-state index in [9.17, 15) is 0 Å². The first-order valence-electron chi connectivity index (χ1n) is 9.77. The Morgan fingerprint density at radius 3 is 2.82 bits per heavy atom. The largest absolute Gasteiger partial charge is 0.383 e. The van der Waals surface area contributed by atoms with Crippen LogP contribution in [0.2, 0.25) is 0 Å². The highest BCUT2D eigenvalue weighted by Gasteiger charge is 2.20. The van der Waals surface area contributed by atoms with Crippen LogP contribution in [0.3, 0.4) is 0 Å². The van der Waals surface area contributed by atoms with Crippen LogP contribution in [0.5, 0.6) is 0 Å². The molecular formula is C20H27N7O. The number of hydrogen-bond donors (Lipinski definition) is 1. The summed E-state index contributed by atoms with van der Waals surface area (Å²) in [7, 11) is 1.71. The molecule has 0 saturated carbocycles. The van der Waals surface area contributed by atoms with Crippen LogP contribution < -0.4 is 10.2 Å². The zero-order valence-electron chi connectivity index (χ0n) is 16.2. The molecule has 1 aliphatic rings. The summed E-state index contributed by atoms with van der Waals surface area (Å²) in [6.45, 7) is 4.27. The van der Waals surface area contributed by atoms with Crippen LogP contribution in [0.25, 0.3) is 5.69 Å². The predicted octanol–water partition coefficient (Wildman–Crippen LogP) is 1.87. The molecule has 3 aromatic rings. The molecular weight excluding hydrogens is 354 g/mol. The van der Waals surface area contributed by atoms with E-state index in [2.05, 4.69) is 49.8 Å². The molecule has 0 bridgehead atoms. The summed E-state index contributed by atoms with van der Waals surface area (Å²) >= 11 is 0. The quantitative estimate of drug-likeness (QED) is 0.642. The molecule has 0 spiro atoms. The van der Waals surface area contributed by atoms with Crippen LogP contribution >= 0.6 is 0 Å². The Morgan fingerprint density at radius 2 is 2.04 bits per heavy atom. The molecule has 3 heterocycles. The topological polar surface area (TPSA) is 73.0 Å². The lowest BCUT2D eigenvalue weighted by molar-refractivity contribution is 0.186. The SMILES string of the molecule is COCCn1cnnc1CNC1CCN(c2cccc(-n3cccn3)c2)CC1. The number of benzene rings is 1. The molecule has 1 aromatic carbocycles. The van der Waals surface area contributed by atoms with Crippen LogP contribution in [0.15, 0.2) is 49.1 Å². The number of rotatable bonds is 8. The summed E-state index contributed by atoms with van der Waals surface area (Å²) in [4.78, 5) is 2.45. The fourth-order valence-corrected chi connectivity index (χ4v) is 3.62. The van der Waals surface area contributed by atoms with Crippen molar-refractivity contribution in [2.75, 3.05) is 31.7 Å². The van der Waals surface area contributed by atoms with Gasteiger partial charge in [0.25, 0.3) is 0 Å². The van der Waals surface area contributed by atoms with Crippen LogP contribution in [0.1, 0.15) is 18.7 Å². The number of ether oxygens (including phenoxy) is 1. The van der Waals surface area contributed by atoms with Crippen LogP contribution in [0.4, 0.5) is 5.69 Å². The summed E-state index contributed by atoms with van der Waals surface area (Å²) < 4.78 is 9.09.